The number of pyridine rings is 1. The van der Waals surface area contributed by atoms with Gasteiger partial charge in [0.15, 0.2) is 0 Å². The molecule has 2 aromatic heterocycles. The van der Waals surface area contributed by atoms with E-state index in [1.165, 1.54) is 24.4 Å². The van der Waals surface area contributed by atoms with Crippen LogP contribution in [0.4, 0.5) is 10.1 Å². The first-order chi connectivity index (χ1) is 12.8. The van der Waals surface area contributed by atoms with Crippen LogP contribution in [0, 0.1) is 5.82 Å². The number of aliphatic hydroxyl groups is 1. The third kappa shape index (κ3) is 3.90. The number of aryl methyl sites for hydroxylation is 1. The van der Waals surface area contributed by atoms with Crippen molar-refractivity contribution in [3.63, 3.8) is 0 Å². The van der Waals surface area contributed by atoms with Crippen molar-refractivity contribution >= 4 is 22.6 Å². The molecule has 0 bridgehead atoms. The molecule has 0 fully saturated rings. The van der Waals surface area contributed by atoms with Crippen molar-refractivity contribution in [3.8, 4) is 0 Å². The van der Waals surface area contributed by atoms with Gasteiger partial charge in [-0.3, -0.25) is 9.67 Å². The maximum atomic E-state index is 13.8. The van der Waals surface area contributed by atoms with Gasteiger partial charge >= 0.3 is 5.97 Å². The average Bonchev–Trinajstić information content (AvgIpc) is 3.07. The lowest BCUT2D eigenvalue weighted by Crippen LogP contribution is -2.31. The topological polar surface area (TPSA) is 89.3 Å². The lowest BCUT2D eigenvalue weighted by atomic mass is 9.99. The Bertz CT molecular complexity index is 984. The Labute approximate surface area is 155 Å². The molecule has 0 saturated heterocycles. The standard InChI is InChI=1S/C19H21FN4O3/c1-4-27-18(25)15-9-21-16-6-5-13(20)7-14(16)17(15)22-11-19(2,26)12-8-23-24(3)10-12/h5-10,26H,4,11H2,1-3H3,(H,21,22). The molecule has 3 aromatic rings. The minimum atomic E-state index is -1.26. The van der Waals surface area contributed by atoms with Crippen LogP contribution in [0.5, 0.6) is 0 Å². The van der Waals surface area contributed by atoms with Crippen LogP contribution in [0.15, 0.2) is 36.8 Å². The van der Waals surface area contributed by atoms with Gasteiger partial charge < -0.3 is 15.2 Å². The Hall–Kier alpha value is -3.00. The summed E-state index contributed by atoms with van der Waals surface area (Å²) in [6.45, 7) is 3.60. The van der Waals surface area contributed by atoms with Crippen molar-refractivity contribution in [1.82, 2.24) is 14.8 Å². The predicted molar refractivity (Wildman–Crippen MR) is 98.9 cm³/mol. The van der Waals surface area contributed by atoms with Crippen molar-refractivity contribution in [2.24, 2.45) is 7.05 Å². The van der Waals surface area contributed by atoms with Crippen LogP contribution in [0.2, 0.25) is 0 Å². The number of anilines is 1. The van der Waals surface area contributed by atoms with E-state index in [1.54, 1.807) is 38.0 Å². The number of ether oxygens (including phenoxy) is 1. The van der Waals surface area contributed by atoms with E-state index in [1.807, 2.05) is 0 Å². The molecule has 0 radical (unpaired) electrons. The van der Waals surface area contributed by atoms with Crippen molar-refractivity contribution in [2.75, 3.05) is 18.5 Å². The summed E-state index contributed by atoms with van der Waals surface area (Å²) in [4.78, 5) is 16.5. The van der Waals surface area contributed by atoms with E-state index < -0.39 is 17.4 Å². The molecule has 2 heterocycles. The Morgan fingerprint density at radius 1 is 1.41 bits per heavy atom. The quantitative estimate of drug-likeness (QED) is 0.647. The molecule has 3 rings (SSSR count). The number of nitrogens with one attached hydrogen (secondary N) is 1. The highest BCUT2D eigenvalue weighted by molar-refractivity contribution is 6.04. The summed E-state index contributed by atoms with van der Waals surface area (Å²) in [6.07, 6.45) is 4.66. The van der Waals surface area contributed by atoms with Gasteiger partial charge in [0.2, 0.25) is 0 Å². The second-order valence-electron chi connectivity index (χ2n) is 6.46. The number of halogens is 1. The number of nitrogens with zero attached hydrogens (tertiary/aromatic N) is 3. The molecule has 0 saturated carbocycles. The molecule has 0 aliphatic heterocycles. The SMILES string of the molecule is CCOC(=O)c1cnc2ccc(F)cc2c1NCC(C)(O)c1cnn(C)c1. The van der Waals surface area contributed by atoms with Gasteiger partial charge in [0, 0.05) is 36.9 Å². The molecule has 2 N–H and O–H groups in total. The molecule has 8 heteroatoms. The van der Waals surface area contributed by atoms with E-state index in [4.69, 9.17) is 4.74 Å². The van der Waals surface area contributed by atoms with Gasteiger partial charge in [0.25, 0.3) is 0 Å². The van der Waals surface area contributed by atoms with E-state index in [0.717, 1.165) is 0 Å². The molecule has 0 aliphatic carbocycles. The smallest absolute Gasteiger partial charge is 0.341 e. The van der Waals surface area contributed by atoms with E-state index in [-0.39, 0.29) is 18.7 Å². The Balaban J connectivity index is 2.01. The van der Waals surface area contributed by atoms with Crippen LogP contribution in [0.1, 0.15) is 29.8 Å². The highest BCUT2D eigenvalue weighted by atomic mass is 19.1. The first kappa shape index (κ1) is 18.8. The summed E-state index contributed by atoms with van der Waals surface area (Å²) >= 11 is 0. The van der Waals surface area contributed by atoms with Gasteiger partial charge in [0.05, 0.1) is 24.0 Å². The summed E-state index contributed by atoms with van der Waals surface area (Å²) in [5.74, 6) is -1.02. The molecule has 1 aromatic carbocycles. The number of carbonyl (C=O) groups excluding carboxylic acids is 1. The monoisotopic (exact) mass is 372 g/mol. The highest BCUT2D eigenvalue weighted by Crippen LogP contribution is 2.29. The molecular weight excluding hydrogens is 351 g/mol. The van der Waals surface area contributed by atoms with Gasteiger partial charge in [-0.15, -0.1) is 0 Å². The third-order valence-electron chi connectivity index (χ3n) is 4.26. The van der Waals surface area contributed by atoms with Crippen molar-refractivity contribution in [1.29, 1.82) is 0 Å². The second kappa shape index (κ2) is 7.32. The highest BCUT2D eigenvalue weighted by Gasteiger charge is 2.26. The molecule has 27 heavy (non-hydrogen) atoms. The predicted octanol–water partition coefficient (Wildman–Crippen LogP) is 2.60. The number of benzene rings is 1. The zero-order valence-corrected chi connectivity index (χ0v) is 15.4. The fraction of sp³-hybridized carbons (Fsp3) is 0.316. The summed E-state index contributed by atoms with van der Waals surface area (Å²) in [6, 6.07) is 4.13. The lowest BCUT2D eigenvalue weighted by molar-refractivity contribution is 0.0525. The number of hydrogen-bond acceptors (Lipinski definition) is 6. The van der Waals surface area contributed by atoms with E-state index in [2.05, 4.69) is 15.4 Å². The van der Waals surface area contributed by atoms with Crippen molar-refractivity contribution < 1.29 is 19.0 Å². The maximum absolute atomic E-state index is 13.8. The van der Waals surface area contributed by atoms with E-state index in [9.17, 15) is 14.3 Å². The number of aromatic nitrogens is 3. The molecule has 0 spiro atoms. The maximum Gasteiger partial charge on any atom is 0.341 e. The van der Waals surface area contributed by atoms with E-state index >= 15 is 0 Å². The van der Waals surface area contributed by atoms with Crippen molar-refractivity contribution in [2.45, 2.75) is 19.4 Å². The fourth-order valence-corrected chi connectivity index (χ4v) is 2.78. The number of esters is 1. The van der Waals surface area contributed by atoms with Crippen LogP contribution >= 0.6 is 0 Å². The Morgan fingerprint density at radius 3 is 2.85 bits per heavy atom. The summed E-state index contributed by atoms with van der Waals surface area (Å²) in [7, 11) is 1.75. The molecule has 1 atom stereocenters. The molecular formula is C19H21FN4O3. The zero-order valence-electron chi connectivity index (χ0n) is 15.4. The fourth-order valence-electron chi connectivity index (χ4n) is 2.78. The van der Waals surface area contributed by atoms with Gasteiger partial charge in [0.1, 0.15) is 17.0 Å². The third-order valence-corrected chi connectivity index (χ3v) is 4.26. The van der Waals surface area contributed by atoms with Gasteiger partial charge in [-0.2, -0.15) is 5.10 Å². The molecule has 7 nitrogen and oxygen atoms in total. The van der Waals surface area contributed by atoms with Gasteiger partial charge in [-0.25, -0.2) is 9.18 Å². The first-order valence-corrected chi connectivity index (χ1v) is 8.52. The number of carbonyl (C=O) groups is 1. The summed E-state index contributed by atoms with van der Waals surface area (Å²) in [5.41, 5.74) is 0.412. The van der Waals surface area contributed by atoms with Crippen molar-refractivity contribution in [3.05, 3.63) is 53.7 Å². The minimum absolute atomic E-state index is 0.0702. The molecule has 0 amide bonds. The summed E-state index contributed by atoms with van der Waals surface area (Å²) in [5, 5.41) is 18.4. The lowest BCUT2D eigenvalue weighted by Gasteiger charge is -2.24. The molecule has 142 valence electrons. The average molecular weight is 372 g/mol. The minimum Gasteiger partial charge on any atom is -0.462 e. The Kier molecular flexibility index (Phi) is 5.09. The normalized spacial score (nSPS) is 13.4. The van der Waals surface area contributed by atoms with Crippen LogP contribution in [0.3, 0.4) is 0 Å². The number of hydrogen-bond donors (Lipinski definition) is 2. The number of fused-ring (bicyclic) bond motifs is 1. The largest absolute Gasteiger partial charge is 0.462 e. The summed E-state index contributed by atoms with van der Waals surface area (Å²) < 4.78 is 20.5. The van der Waals surface area contributed by atoms with Gasteiger partial charge in [-0.05, 0) is 32.0 Å². The second-order valence-corrected chi connectivity index (χ2v) is 6.46. The zero-order chi connectivity index (χ0) is 19.6. The van der Waals surface area contributed by atoms with Crippen LogP contribution in [0.25, 0.3) is 10.9 Å². The molecule has 1 unspecified atom stereocenters. The van der Waals surface area contributed by atoms with Crippen LogP contribution < -0.4 is 5.32 Å². The number of rotatable bonds is 6. The molecule has 0 aliphatic rings. The van der Waals surface area contributed by atoms with Crippen LogP contribution in [-0.2, 0) is 17.4 Å². The van der Waals surface area contributed by atoms with Gasteiger partial charge in [-0.1, -0.05) is 0 Å². The first-order valence-electron chi connectivity index (χ1n) is 8.52. The van der Waals surface area contributed by atoms with Crippen LogP contribution in [-0.4, -0.2) is 39.0 Å². The Morgan fingerprint density at radius 2 is 2.19 bits per heavy atom. The van der Waals surface area contributed by atoms with E-state index in [0.29, 0.717) is 22.2 Å².